The van der Waals surface area contributed by atoms with E-state index in [1.165, 1.54) is 0 Å². The second kappa shape index (κ2) is 9.32. The minimum atomic E-state index is 0.224. The molecule has 0 bridgehead atoms. The maximum Gasteiger partial charge on any atom is 0.246 e. The third-order valence-corrected chi connectivity index (χ3v) is 5.32. The number of hydrogen-bond acceptors (Lipinski definition) is 6. The van der Waals surface area contributed by atoms with Gasteiger partial charge in [-0.1, -0.05) is 28.4 Å². The number of guanidine groups is 1. The summed E-state index contributed by atoms with van der Waals surface area (Å²) in [5.74, 6) is 2.47. The highest BCUT2D eigenvalue weighted by atomic mass is 35.5. The summed E-state index contributed by atoms with van der Waals surface area (Å²) in [6.07, 6.45) is 2.71. The molecular formula is C20H21Cl2N7O. The minimum Gasteiger partial charge on any atom is -0.353 e. The summed E-state index contributed by atoms with van der Waals surface area (Å²) in [6, 6.07) is 11.2. The van der Waals surface area contributed by atoms with Crippen molar-refractivity contribution in [2.45, 2.75) is 19.0 Å². The standard InChI is InChI=1S/C20H21Cl2N7O/c1-23-20(26-15-8-10-29(12-15)19-16(22)3-2-9-24-19)25-11-17-27-18(28-30-17)13-4-6-14(21)7-5-13/h2-7,9,15H,8,10-12H2,1H3,(H2,23,25,26). The Hall–Kier alpha value is -2.84. The molecule has 2 N–H and O–H groups in total. The molecule has 2 aromatic heterocycles. The van der Waals surface area contributed by atoms with Crippen molar-refractivity contribution in [1.29, 1.82) is 0 Å². The molecule has 1 aromatic carbocycles. The molecule has 1 saturated heterocycles. The average Bonchev–Trinajstić information content (AvgIpc) is 3.42. The fourth-order valence-electron chi connectivity index (χ4n) is 3.27. The third-order valence-electron chi connectivity index (χ3n) is 4.77. The Balaban J connectivity index is 1.31. The Morgan fingerprint density at radius 3 is 2.87 bits per heavy atom. The van der Waals surface area contributed by atoms with Gasteiger partial charge in [0.25, 0.3) is 0 Å². The molecule has 0 spiro atoms. The maximum atomic E-state index is 6.27. The van der Waals surface area contributed by atoms with Gasteiger partial charge < -0.3 is 20.1 Å². The number of hydrogen-bond donors (Lipinski definition) is 2. The molecule has 0 radical (unpaired) electrons. The zero-order chi connectivity index (χ0) is 20.9. The van der Waals surface area contributed by atoms with Gasteiger partial charge in [0, 0.05) is 43.0 Å². The van der Waals surface area contributed by atoms with E-state index in [-0.39, 0.29) is 6.04 Å². The van der Waals surface area contributed by atoms with E-state index in [4.69, 9.17) is 27.7 Å². The Kier molecular flexibility index (Phi) is 6.35. The number of aromatic nitrogens is 3. The average molecular weight is 446 g/mol. The van der Waals surface area contributed by atoms with Crippen molar-refractivity contribution >= 4 is 35.0 Å². The molecule has 0 saturated carbocycles. The van der Waals surface area contributed by atoms with Crippen LogP contribution >= 0.6 is 23.2 Å². The zero-order valence-corrected chi connectivity index (χ0v) is 17.9. The molecule has 8 nitrogen and oxygen atoms in total. The first kappa shape index (κ1) is 20.4. The maximum absolute atomic E-state index is 6.27. The number of nitrogens with zero attached hydrogens (tertiary/aromatic N) is 5. The van der Waals surface area contributed by atoms with Crippen LogP contribution < -0.4 is 15.5 Å². The molecule has 4 rings (SSSR count). The van der Waals surface area contributed by atoms with Gasteiger partial charge in [-0.05, 0) is 42.8 Å². The summed E-state index contributed by atoms with van der Waals surface area (Å²) in [6.45, 7) is 2.03. The summed E-state index contributed by atoms with van der Waals surface area (Å²) in [7, 11) is 1.73. The lowest BCUT2D eigenvalue weighted by atomic mass is 10.2. The van der Waals surface area contributed by atoms with Crippen LogP contribution in [0, 0.1) is 0 Å². The largest absolute Gasteiger partial charge is 0.353 e. The van der Waals surface area contributed by atoms with Crippen LogP contribution in [-0.4, -0.2) is 47.3 Å². The molecule has 1 aliphatic rings. The number of rotatable bonds is 5. The Morgan fingerprint density at radius 1 is 1.27 bits per heavy atom. The van der Waals surface area contributed by atoms with Gasteiger partial charge in [0.15, 0.2) is 5.96 Å². The second-order valence-electron chi connectivity index (χ2n) is 6.83. The van der Waals surface area contributed by atoms with Gasteiger partial charge >= 0.3 is 0 Å². The number of halogens is 2. The van der Waals surface area contributed by atoms with Gasteiger partial charge in [-0.2, -0.15) is 4.98 Å². The van der Waals surface area contributed by atoms with Crippen LogP contribution in [-0.2, 0) is 6.54 Å². The van der Waals surface area contributed by atoms with Gasteiger partial charge in [0.1, 0.15) is 5.82 Å². The summed E-state index contributed by atoms with van der Waals surface area (Å²) in [5.41, 5.74) is 0.844. The summed E-state index contributed by atoms with van der Waals surface area (Å²) < 4.78 is 5.33. The summed E-state index contributed by atoms with van der Waals surface area (Å²) in [4.78, 5) is 15.3. The number of nitrogens with one attached hydrogen (secondary N) is 2. The number of benzene rings is 1. The SMILES string of the molecule is CN=C(NCc1nc(-c2ccc(Cl)cc2)no1)NC1CCN(c2ncccc2Cl)C1. The molecule has 0 amide bonds. The highest BCUT2D eigenvalue weighted by molar-refractivity contribution is 6.33. The van der Waals surface area contributed by atoms with Crippen LogP contribution in [0.4, 0.5) is 5.82 Å². The number of anilines is 1. The van der Waals surface area contributed by atoms with Gasteiger partial charge in [-0.15, -0.1) is 0 Å². The van der Waals surface area contributed by atoms with Gasteiger partial charge in [0.2, 0.25) is 11.7 Å². The fourth-order valence-corrected chi connectivity index (χ4v) is 3.64. The van der Waals surface area contributed by atoms with Crippen molar-refractivity contribution in [2.75, 3.05) is 25.0 Å². The molecule has 1 unspecified atom stereocenters. The molecule has 1 fully saturated rings. The second-order valence-corrected chi connectivity index (χ2v) is 7.67. The van der Waals surface area contributed by atoms with Crippen molar-refractivity contribution in [3.05, 3.63) is 58.5 Å². The van der Waals surface area contributed by atoms with E-state index in [0.717, 1.165) is 30.9 Å². The minimum absolute atomic E-state index is 0.224. The predicted octanol–water partition coefficient (Wildman–Crippen LogP) is 3.38. The van der Waals surface area contributed by atoms with Crippen molar-refractivity contribution in [3.8, 4) is 11.4 Å². The van der Waals surface area contributed by atoms with E-state index in [1.807, 2.05) is 24.3 Å². The van der Waals surface area contributed by atoms with Crippen molar-refractivity contribution < 1.29 is 4.52 Å². The number of aliphatic imine (C=N–C) groups is 1. The molecular weight excluding hydrogens is 425 g/mol. The lowest BCUT2D eigenvalue weighted by Crippen LogP contribution is -2.44. The Labute approximate surface area is 184 Å². The quantitative estimate of drug-likeness (QED) is 0.459. The molecule has 10 heteroatoms. The highest BCUT2D eigenvalue weighted by Crippen LogP contribution is 2.25. The van der Waals surface area contributed by atoms with Crippen LogP contribution in [0.3, 0.4) is 0 Å². The molecule has 0 aliphatic carbocycles. The zero-order valence-electron chi connectivity index (χ0n) is 16.3. The lowest BCUT2D eigenvalue weighted by Gasteiger charge is -2.20. The number of pyridine rings is 1. The monoisotopic (exact) mass is 445 g/mol. The molecule has 30 heavy (non-hydrogen) atoms. The van der Waals surface area contributed by atoms with Crippen molar-refractivity contribution in [1.82, 2.24) is 25.8 Å². The molecule has 156 valence electrons. The molecule has 1 atom stereocenters. The first-order valence-electron chi connectivity index (χ1n) is 9.53. The predicted molar refractivity (Wildman–Crippen MR) is 118 cm³/mol. The van der Waals surface area contributed by atoms with Crippen LogP contribution in [0.1, 0.15) is 12.3 Å². The molecule has 1 aliphatic heterocycles. The smallest absolute Gasteiger partial charge is 0.246 e. The first-order chi connectivity index (χ1) is 14.6. The highest BCUT2D eigenvalue weighted by Gasteiger charge is 2.25. The molecule has 3 aromatic rings. The van der Waals surface area contributed by atoms with Crippen LogP contribution in [0.15, 0.2) is 52.1 Å². The van der Waals surface area contributed by atoms with E-state index in [9.17, 15) is 0 Å². The van der Waals surface area contributed by atoms with E-state index >= 15 is 0 Å². The van der Waals surface area contributed by atoms with Crippen LogP contribution in [0.25, 0.3) is 11.4 Å². The third kappa shape index (κ3) is 4.83. The van der Waals surface area contributed by atoms with Crippen molar-refractivity contribution in [2.24, 2.45) is 4.99 Å². The van der Waals surface area contributed by atoms with Crippen LogP contribution in [0.5, 0.6) is 0 Å². The van der Waals surface area contributed by atoms with E-state index in [0.29, 0.717) is 34.3 Å². The van der Waals surface area contributed by atoms with E-state index < -0.39 is 0 Å². The normalized spacial score (nSPS) is 16.7. The summed E-state index contributed by atoms with van der Waals surface area (Å²) >= 11 is 12.2. The first-order valence-corrected chi connectivity index (χ1v) is 10.3. The van der Waals surface area contributed by atoms with Crippen molar-refractivity contribution in [3.63, 3.8) is 0 Å². The Bertz CT molecular complexity index is 1020. The van der Waals surface area contributed by atoms with Crippen LogP contribution in [0.2, 0.25) is 10.0 Å². The Morgan fingerprint density at radius 2 is 2.10 bits per heavy atom. The van der Waals surface area contributed by atoms with Gasteiger partial charge in [0.05, 0.1) is 11.6 Å². The van der Waals surface area contributed by atoms with Gasteiger partial charge in [-0.25, -0.2) is 4.98 Å². The lowest BCUT2D eigenvalue weighted by molar-refractivity contribution is 0.375. The van der Waals surface area contributed by atoms with E-state index in [1.54, 1.807) is 25.4 Å². The fraction of sp³-hybridized carbons (Fsp3) is 0.300. The van der Waals surface area contributed by atoms with E-state index in [2.05, 4.69) is 35.7 Å². The molecule has 3 heterocycles. The topological polar surface area (TPSA) is 91.5 Å². The van der Waals surface area contributed by atoms with Gasteiger partial charge in [-0.3, -0.25) is 4.99 Å². The summed E-state index contributed by atoms with van der Waals surface area (Å²) in [5, 5.41) is 12.0.